The molecule has 0 aliphatic rings. The Kier molecular flexibility index (Phi) is 4.38. The molecule has 108 valence electrons. The van der Waals surface area contributed by atoms with E-state index in [1.165, 1.54) is 23.1 Å². The first-order valence-corrected chi connectivity index (χ1v) is 8.42. The van der Waals surface area contributed by atoms with Crippen molar-refractivity contribution in [2.75, 3.05) is 12.4 Å². The highest BCUT2D eigenvalue weighted by Gasteiger charge is 2.12. The van der Waals surface area contributed by atoms with Gasteiger partial charge in [-0.3, -0.25) is 9.36 Å². The maximum atomic E-state index is 12.6. The number of aliphatic hydroxyl groups excluding tert-OH is 1. The van der Waals surface area contributed by atoms with Gasteiger partial charge in [-0.1, -0.05) is 42.1 Å². The number of thioether (sulfide) groups is 1. The van der Waals surface area contributed by atoms with E-state index in [1.54, 1.807) is 4.57 Å². The molecule has 1 N–H and O–H groups in total. The second-order valence-corrected chi connectivity index (χ2v) is 6.46. The second kappa shape index (κ2) is 6.43. The maximum absolute atomic E-state index is 12.6. The van der Waals surface area contributed by atoms with Crippen LogP contribution in [0.1, 0.15) is 5.56 Å². The number of thiophene rings is 1. The molecule has 0 amide bonds. The molecule has 6 heteroatoms. The van der Waals surface area contributed by atoms with Gasteiger partial charge < -0.3 is 5.11 Å². The van der Waals surface area contributed by atoms with E-state index in [9.17, 15) is 4.79 Å². The summed E-state index contributed by atoms with van der Waals surface area (Å²) in [6.45, 7) is 0.557. The SMILES string of the molecule is O=c1c2sccc2nc(SCCO)n1Cc1ccccc1. The van der Waals surface area contributed by atoms with Crippen molar-refractivity contribution in [2.24, 2.45) is 0 Å². The van der Waals surface area contributed by atoms with Crippen molar-refractivity contribution >= 4 is 33.3 Å². The summed E-state index contributed by atoms with van der Waals surface area (Å²) >= 11 is 2.82. The monoisotopic (exact) mass is 318 g/mol. The maximum Gasteiger partial charge on any atom is 0.272 e. The van der Waals surface area contributed by atoms with Gasteiger partial charge in [0.15, 0.2) is 5.16 Å². The molecule has 0 bridgehead atoms. The lowest BCUT2D eigenvalue weighted by Crippen LogP contribution is -2.23. The smallest absolute Gasteiger partial charge is 0.272 e. The topological polar surface area (TPSA) is 55.1 Å². The molecule has 0 unspecified atom stereocenters. The van der Waals surface area contributed by atoms with Crippen molar-refractivity contribution in [3.05, 3.63) is 57.7 Å². The molecule has 3 rings (SSSR count). The van der Waals surface area contributed by atoms with Crippen LogP contribution in [-0.2, 0) is 6.54 Å². The molecule has 21 heavy (non-hydrogen) atoms. The molecule has 2 heterocycles. The van der Waals surface area contributed by atoms with Crippen LogP contribution in [0.3, 0.4) is 0 Å². The average molecular weight is 318 g/mol. The third-order valence-electron chi connectivity index (χ3n) is 3.04. The molecule has 1 aromatic carbocycles. The zero-order chi connectivity index (χ0) is 14.7. The molecule has 0 radical (unpaired) electrons. The predicted octanol–water partition coefficient (Wildman–Crippen LogP) is 2.59. The Bertz CT molecular complexity index is 796. The van der Waals surface area contributed by atoms with Crippen LogP contribution >= 0.6 is 23.1 Å². The van der Waals surface area contributed by atoms with Crippen LogP contribution < -0.4 is 5.56 Å². The Hall–Kier alpha value is -1.63. The van der Waals surface area contributed by atoms with E-state index in [-0.39, 0.29) is 12.2 Å². The summed E-state index contributed by atoms with van der Waals surface area (Å²) in [6.07, 6.45) is 0. The third-order valence-corrected chi connectivity index (χ3v) is 4.88. The van der Waals surface area contributed by atoms with Gasteiger partial charge in [-0.2, -0.15) is 0 Å². The van der Waals surface area contributed by atoms with Gasteiger partial charge in [-0.05, 0) is 17.0 Å². The van der Waals surface area contributed by atoms with Crippen molar-refractivity contribution in [1.82, 2.24) is 9.55 Å². The largest absolute Gasteiger partial charge is 0.396 e. The van der Waals surface area contributed by atoms with Gasteiger partial charge in [-0.25, -0.2) is 4.98 Å². The van der Waals surface area contributed by atoms with Crippen LogP contribution in [0, 0.1) is 0 Å². The van der Waals surface area contributed by atoms with E-state index < -0.39 is 0 Å². The Morgan fingerprint density at radius 1 is 1.24 bits per heavy atom. The fraction of sp³-hybridized carbons (Fsp3) is 0.200. The normalized spacial score (nSPS) is 11.1. The fourth-order valence-electron chi connectivity index (χ4n) is 2.08. The van der Waals surface area contributed by atoms with Crippen molar-refractivity contribution in [2.45, 2.75) is 11.7 Å². The van der Waals surface area contributed by atoms with E-state index in [2.05, 4.69) is 4.98 Å². The van der Waals surface area contributed by atoms with Crippen LogP contribution in [-0.4, -0.2) is 27.0 Å². The van der Waals surface area contributed by atoms with Crippen LogP contribution in [0.4, 0.5) is 0 Å². The molecule has 0 fully saturated rings. The number of hydrogen-bond acceptors (Lipinski definition) is 5. The minimum absolute atomic E-state index is 0.0145. The first-order chi connectivity index (χ1) is 10.3. The second-order valence-electron chi connectivity index (χ2n) is 4.48. The first-order valence-electron chi connectivity index (χ1n) is 6.55. The molecule has 0 saturated heterocycles. The highest BCUT2D eigenvalue weighted by Crippen LogP contribution is 2.21. The van der Waals surface area contributed by atoms with Gasteiger partial charge in [0.2, 0.25) is 0 Å². The van der Waals surface area contributed by atoms with E-state index in [1.807, 2.05) is 41.8 Å². The standard InChI is InChI=1S/C15H14N2O2S2/c18-7-9-21-15-16-12-6-8-20-13(12)14(19)17(15)10-11-4-2-1-3-5-11/h1-6,8,18H,7,9-10H2. The van der Waals surface area contributed by atoms with Crippen molar-refractivity contribution in [3.63, 3.8) is 0 Å². The van der Waals surface area contributed by atoms with Crippen LogP contribution in [0.25, 0.3) is 10.2 Å². The summed E-state index contributed by atoms with van der Waals surface area (Å²) in [4.78, 5) is 17.2. The number of rotatable bonds is 5. The average Bonchev–Trinajstić information content (AvgIpc) is 2.98. The van der Waals surface area contributed by atoms with Gasteiger partial charge in [0.1, 0.15) is 4.70 Å². The number of nitrogens with zero attached hydrogens (tertiary/aromatic N) is 2. The number of hydrogen-bond donors (Lipinski definition) is 1. The zero-order valence-corrected chi connectivity index (χ0v) is 12.9. The summed E-state index contributed by atoms with van der Waals surface area (Å²) in [5, 5.41) is 11.6. The fourth-order valence-corrected chi connectivity index (χ4v) is 3.59. The molecular formula is C15H14N2O2S2. The van der Waals surface area contributed by atoms with Crippen LogP contribution in [0.15, 0.2) is 51.7 Å². The molecule has 0 atom stereocenters. The highest BCUT2D eigenvalue weighted by atomic mass is 32.2. The molecule has 0 spiro atoms. The predicted molar refractivity (Wildman–Crippen MR) is 87.2 cm³/mol. The first kappa shape index (κ1) is 14.3. The number of aliphatic hydroxyl groups is 1. The van der Waals surface area contributed by atoms with E-state index in [4.69, 9.17) is 5.11 Å². The lowest BCUT2D eigenvalue weighted by atomic mass is 10.2. The summed E-state index contributed by atoms with van der Waals surface area (Å²) in [5.41, 5.74) is 1.78. The summed E-state index contributed by atoms with van der Waals surface area (Å²) in [6, 6.07) is 11.7. The Morgan fingerprint density at radius 3 is 2.81 bits per heavy atom. The molecule has 0 aliphatic heterocycles. The summed E-state index contributed by atoms with van der Waals surface area (Å²) < 4.78 is 2.37. The van der Waals surface area contributed by atoms with Crippen LogP contribution in [0.2, 0.25) is 0 Å². The van der Waals surface area contributed by atoms with Crippen molar-refractivity contribution in [3.8, 4) is 0 Å². The van der Waals surface area contributed by atoms with E-state index in [0.29, 0.717) is 22.2 Å². The zero-order valence-electron chi connectivity index (χ0n) is 11.2. The van der Waals surface area contributed by atoms with Crippen molar-refractivity contribution < 1.29 is 5.11 Å². The van der Waals surface area contributed by atoms with Gasteiger partial charge in [0, 0.05) is 5.75 Å². The minimum atomic E-state index is -0.0145. The van der Waals surface area contributed by atoms with Gasteiger partial charge >= 0.3 is 0 Å². The molecule has 0 saturated carbocycles. The molecule has 0 aliphatic carbocycles. The quantitative estimate of drug-likeness (QED) is 0.580. The van der Waals surface area contributed by atoms with E-state index >= 15 is 0 Å². The Labute approximate surface area is 130 Å². The Morgan fingerprint density at radius 2 is 2.05 bits per heavy atom. The van der Waals surface area contributed by atoms with Gasteiger partial charge in [0.25, 0.3) is 5.56 Å². The molecule has 4 nitrogen and oxygen atoms in total. The molecular weight excluding hydrogens is 304 g/mol. The van der Waals surface area contributed by atoms with E-state index in [0.717, 1.165) is 11.1 Å². The highest BCUT2D eigenvalue weighted by molar-refractivity contribution is 7.99. The molecule has 3 aromatic rings. The summed E-state index contributed by atoms with van der Waals surface area (Å²) in [7, 11) is 0. The van der Waals surface area contributed by atoms with Crippen LogP contribution in [0.5, 0.6) is 0 Å². The minimum Gasteiger partial charge on any atom is -0.396 e. The van der Waals surface area contributed by atoms with Gasteiger partial charge in [0.05, 0.1) is 18.7 Å². The van der Waals surface area contributed by atoms with Crippen molar-refractivity contribution in [1.29, 1.82) is 0 Å². The lowest BCUT2D eigenvalue weighted by molar-refractivity contribution is 0.322. The lowest BCUT2D eigenvalue weighted by Gasteiger charge is -2.11. The van der Waals surface area contributed by atoms with Gasteiger partial charge in [-0.15, -0.1) is 11.3 Å². The molecule has 2 aromatic heterocycles. The number of benzene rings is 1. The summed E-state index contributed by atoms with van der Waals surface area (Å²) in [5.74, 6) is 0.525. The third kappa shape index (κ3) is 3.02. The number of aromatic nitrogens is 2. The number of fused-ring (bicyclic) bond motifs is 1. The Balaban J connectivity index is 2.08.